The number of aromatic nitrogens is 2. The molecule has 1 aliphatic rings. The van der Waals surface area contributed by atoms with Crippen LogP contribution in [0.1, 0.15) is 37.9 Å². The minimum absolute atomic E-state index is 0.0373. The van der Waals surface area contributed by atoms with E-state index in [0.29, 0.717) is 25.9 Å². The number of hydrogen-bond acceptors (Lipinski definition) is 5. The van der Waals surface area contributed by atoms with Gasteiger partial charge in [0.25, 0.3) is 0 Å². The molecule has 0 spiro atoms. The Hall–Kier alpha value is -2.13. The van der Waals surface area contributed by atoms with Gasteiger partial charge in [0.15, 0.2) is 5.82 Å². The second-order valence-corrected chi connectivity index (χ2v) is 5.63. The summed E-state index contributed by atoms with van der Waals surface area (Å²) in [6.45, 7) is 3.05. The van der Waals surface area contributed by atoms with E-state index in [1.165, 1.54) is 0 Å². The third-order valence-corrected chi connectivity index (χ3v) is 3.72. The highest BCUT2D eigenvalue weighted by Crippen LogP contribution is 2.27. The maximum Gasteiger partial charge on any atom is 0.471 e. The topological polar surface area (TPSA) is 88.3 Å². The fraction of sp³-hybridized carbons (Fsp3) is 0.714. The summed E-state index contributed by atoms with van der Waals surface area (Å²) in [5, 5.41) is 5.87. The Balaban J connectivity index is 1.79. The molecule has 10 heteroatoms. The number of carbonyl (C=O) groups is 2. The van der Waals surface area contributed by atoms with E-state index in [9.17, 15) is 22.8 Å². The van der Waals surface area contributed by atoms with E-state index in [0.717, 1.165) is 6.42 Å². The molecular formula is C14H19F3N4O3. The number of alkyl halides is 3. The summed E-state index contributed by atoms with van der Waals surface area (Å²) in [6.07, 6.45) is -3.01. The van der Waals surface area contributed by atoms with Gasteiger partial charge >= 0.3 is 12.1 Å². The number of rotatable bonds is 6. The minimum Gasteiger partial charge on any atom is -0.355 e. The number of likely N-dealkylation sites (tertiary alicyclic amines) is 1. The molecule has 1 fully saturated rings. The number of hydrogen-bond donors (Lipinski definition) is 1. The quantitative estimate of drug-likeness (QED) is 0.839. The number of nitrogens with one attached hydrogen (secondary N) is 1. The van der Waals surface area contributed by atoms with Gasteiger partial charge in [-0.15, -0.1) is 0 Å². The van der Waals surface area contributed by atoms with Gasteiger partial charge in [-0.25, -0.2) is 0 Å². The Bertz CT molecular complexity index is 588. The number of halogens is 3. The first kappa shape index (κ1) is 18.2. The molecule has 134 valence electrons. The summed E-state index contributed by atoms with van der Waals surface area (Å²) in [6, 6.07) is 0. The molecule has 1 aliphatic heterocycles. The van der Waals surface area contributed by atoms with Crippen molar-refractivity contribution in [2.75, 3.05) is 19.6 Å². The molecule has 0 unspecified atom stereocenters. The zero-order chi connectivity index (χ0) is 17.7. The summed E-state index contributed by atoms with van der Waals surface area (Å²) in [5.41, 5.74) is 0. The first-order chi connectivity index (χ1) is 11.3. The Morgan fingerprint density at radius 1 is 1.46 bits per heavy atom. The summed E-state index contributed by atoms with van der Waals surface area (Å²) in [7, 11) is 0. The van der Waals surface area contributed by atoms with Gasteiger partial charge in [0.05, 0.1) is 5.92 Å². The fourth-order valence-corrected chi connectivity index (χ4v) is 2.53. The maximum absolute atomic E-state index is 12.3. The summed E-state index contributed by atoms with van der Waals surface area (Å²) in [5.74, 6) is -1.99. The predicted molar refractivity (Wildman–Crippen MR) is 75.6 cm³/mol. The molecule has 2 heterocycles. The molecule has 2 rings (SSSR count). The van der Waals surface area contributed by atoms with Crippen molar-refractivity contribution in [3.63, 3.8) is 0 Å². The van der Waals surface area contributed by atoms with Crippen molar-refractivity contribution in [3.8, 4) is 0 Å². The van der Waals surface area contributed by atoms with E-state index in [4.69, 9.17) is 0 Å². The minimum atomic E-state index is -4.67. The van der Waals surface area contributed by atoms with Crippen LogP contribution in [0.4, 0.5) is 13.2 Å². The summed E-state index contributed by atoms with van der Waals surface area (Å²) in [4.78, 5) is 28.7. The molecule has 1 aromatic heterocycles. The van der Waals surface area contributed by atoms with Gasteiger partial charge in [-0.2, -0.15) is 18.2 Å². The van der Waals surface area contributed by atoms with Gasteiger partial charge in [-0.05, 0) is 12.8 Å². The lowest BCUT2D eigenvalue weighted by molar-refractivity contribution is -0.159. The van der Waals surface area contributed by atoms with Gasteiger partial charge in [0.1, 0.15) is 0 Å². The van der Waals surface area contributed by atoms with Crippen LogP contribution < -0.4 is 5.32 Å². The van der Waals surface area contributed by atoms with Crippen LogP contribution in [0.15, 0.2) is 4.52 Å². The molecule has 1 N–H and O–H groups in total. The number of piperidine rings is 1. The molecule has 7 nitrogen and oxygen atoms in total. The highest BCUT2D eigenvalue weighted by atomic mass is 19.4. The largest absolute Gasteiger partial charge is 0.471 e. The van der Waals surface area contributed by atoms with E-state index in [1.54, 1.807) is 4.90 Å². The standard InChI is InChI=1S/C14H19F3N4O3/c1-2-7-21-8-9(3-4-11(21)22)12(23)18-6-5-10-19-13(24-20-10)14(15,16)17/h9H,2-8H2,1H3,(H,18,23)/t9-/m1/s1. The van der Waals surface area contributed by atoms with Crippen LogP contribution in [-0.4, -0.2) is 46.5 Å². The van der Waals surface area contributed by atoms with Gasteiger partial charge < -0.3 is 14.7 Å². The predicted octanol–water partition coefficient (Wildman–Crippen LogP) is 1.40. The Kier molecular flexibility index (Phi) is 5.79. The molecule has 0 aromatic carbocycles. The maximum atomic E-state index is 12.3. The molecule has 1 saturated heterocycles. The highest BCUT2D eigenvalue weighted by Gasteiger charge is 2.38. The normalized spacial score (nSPS) is 18.8. The highest BCUT2D eigenvalue weighted by molar-refractivity contribution is 5.83. The smallest absolute Gasteiger partial charge is 0.355 e. The lowest BCUT2D eigenvalue weighted by Gasteiger charge is -2.31. The van der Waals surface area contributed by atoms with Crippen molar-refractivity contribution >= 4 is 11.8 Å². The summed E-state index contributed by atoms with van der Waals surface area (Å²) >= 11 is 0. The molecule has 24 heavy (non-hydrogen) atoms. The first-order valence-electron chi connectivity index (χ1n) is 7.76. The molecule has 1 atom stereocenters. The third-order valence-electron chi connectivity index (χ3n) is 3.72. The number of nitrogens with zero attached hydrogens (tertiary/aromatic N) is 3. The molecule has 0 radical (unpaired) electrons. The van der Waals surface area contributed by atoms with E-state index in [-0.39, 0.29) is 36.5 Å². The van der Waals surface area contributed by atoms with Crippen molar-refractivity contribution < 1.29 is 27.3 Å². The van der Waals surface area contributed by atoms with Crippen LogP contribution in [0.25, 0.3) is 0 Å². The summed E-state index contributed by atoms with van der Waals surface area (Å²) < 4.78 is 41.1. The van der Waals surface area contributed by atoms with Gasteiger partial charge in [-0.3, -0.25) is 9.59 Å². The fourth-order valence-electron chi connectivity index (χ4n) is 2.53. The van der Waals surface area contributed by atoms with Gasteiger partial charge in [0.2, 0.25) is 11.8 Å². The van der Waals surface area contributed by atoms with Crippen LogP contribution >= 0.6 is 0 Å². The van der Waals surface area contributed by atoms with Crippen molar-refractivity contribution in [1.82, 2.24) is 20.4 Å². The molecule has 0 aliphatic carbocycles. The average molecular weight is 348 g/mol. The second-order valence-electron chi connectivity index (χ2n) is 5.63. The van der Waals surface area contributed by atoms with Crippen LogP contribution in [0.3, 0.4) is 0 Å². The zero-order valence-corrected chi connectivity index (χ0v) is 13.2. The molecule has 0 saturated carbocycles. The third kappa shape index (κ3) is 4.68. The Morgan fingerprint density at radius 2 is 2.21 bits per heavy atom. The zero-order valence-electron chi connectivity index (χ0n) is 13.2. The van der Waals surface area contributed by atoms with Crippen molar-refractivity contribution in [3.05, 3.63) is 11.7 Å². The molecular weight excluding hydrogens is 329 g/mol. The van der Waals surface area contributed by atoms with E-state index < -0.39 is 12.1 Å². The SMILES string of the molecule is CCCN1C[C@H](C(=O)NCCc2noc(C(F)(F)F)n2)CCC1=O. The first-order valence-corrected chi connectivity index (χ1v) is 7.76. The number of carbonyl (C=O) groups excluding carboxylic acids is 2. The second kappa shape index (κ2) is 7.63. The van der Waals surface area contributed by atoms with E-state index >= 15 is 0 Å². The average Bonchev–Trinajstić information content (AvgIpc) is 2.98. The van der Waals surface area contributed by atoms with E-state index in [2.05, 4.69) is 20.0 Å². The molecule has 1 aromatic rings. The van der Waals surface area contributed by atoms with Crippen LogP contribution in [0.2, 0.25) is 0 Å². The van der Waals surface area contributed by atoms with E-state index in [1.807, 2.05) is 6.92 Å². The van der Waals surface area contributed by atoms with Crippen LogP contribution in [0, 0.1) is 5.92 Å². The van der Waals surface area contributed by atoms with Crippen LogP contribution in [0.5, 0.6) is 0 Å². The number of amides is 2. The Morgan fingerprint density at radius 3 is 2.83 bits per heavy atom. The van der Waals surface area contributed by atoms with Crippen molar-refractivity contribution in [1.29, 1.82) is 0 Å². The Labute approximate surface area is 136 Å². The lowest BCUT2D eigenvalue weighted by atomic mass is 9.96. The molecule has 0 bridgehead atoms. The van der Waals surface area contributed by atoms with Crippen molar-refractivity contribution in [2.24, 2.45) is 5.92 Å². The van der Waals surface area contributed by atoms with Crippen LogP contribution in [-0.2, 0) is 22.2 Å². The van der Waals surface area contributed by atoms with Gasteiger partial charge in [0, 0.05) is 32.5 Å². The monoisotopic (exact) mass is 348 g/mol. The van der Waals surface area contributed by atoms with Gasteiger partial charge in [-0.1, -0.05) is 12.1 Å². The van der Waals surface area contributed by atoms with Crippen molar-refractivity contribution in [2.45, 2.75) is 38.8 Å². The lowest BCUT2D eigenvalue weighted by Crippen LogP contribution is -2.46. The molecule has 2 amide bonds.